The maximum absolute atomic E-state index is 12.2. The molecule has 0 atom stereocenters. The first-order valence-corrected chi connectivity index (χ1v) is 7.57. The first kappa shape index (κ1) is 15.4. The standard InChI is InChI=1S/C16H17NO3S/c1-3-9-17-15(18)14(21-16(17)19)11-12-7-5-6-8-13(12)20-10-4-2/h4-8,11H,2-3,9-10H2,1H3/b14-11-. The minimum Gasteiger partial charge on any atom is -0.489 e. The predicted molar refractivity (Wildman–Crippen MR) is 85.1 cm³/mol. The molecular weight excluding hydrogens is 286 g/mol. The predicted octanol–water partition coefficient (Wildman–Crippen LogP) is 3.70. The van der Waals surface area contributed by atoms with Crippen LogP contribution in [0.5, 0.6) is 5.75 Å². The number of amides is 2. The van der Waals surface area contributed by atoms with E-state index >= 15 is 0 Å². The van der Waals surface area contributed by atoms with Crippen LogP contribution in [0.25, 0.3) is 6.08 Å². The van der Waals surface area contributed by atoms with Crippen LogP contribution in [-0.2, 0) is 4.79 Å². The molecule has 2 rings (SSSR count). The zero-order chi connectivity index (χ0) is 15.2. The second-order valence-electron chi connectivity index (χ2n) is 4.47. The van der Waals surface area contributed by atoms with Crippen LogP contribution in [0.3, 0.4) is 0 Å². The van der Waals surface area contributed by atoms with Gasteiger partial charge in [0.2, 0.25) is 0 Å². The quantitative estimate of drug-likeness (QED) is 0.594. The average Bonchev–Trinajstić information content (AvgIpc) is 2.74. The lowest BCUT2D eigenvalue weighted by molar-refractivity contribution is -0.122. The highest BCUT2D eigenvalue weighted by Crippen LogP contribution is 2.33. The summed E-state index contributed by atoms with van der Waals surface area (Å²) in [6.45, 7) is 6.39. The van der Waals surface area contributed by atoms with Gasteiger partial charge in [0.25, 0.3) is 11.1 Å². The van der Waals surface area contributed by atoms with Gasteiger partial charge in [-0.25, -0.2) is 0 Å². The Balaban J connectivity index is 2.26. The third kappa shape index (κ3) is 3.55. The molecule has 1 aliphatic heterocycles. The number of hydrogen-bond donors (Lipinski definition) is 0. The number of rotatable bonds is 6. The van der Waals surface area contributed by atoms with E-state index in [2.05, 4.69) is 6.58 Å². The van der Waals surface area contributed by atoms with Crippen molar-refractivity contribution in [2.45, 2.75) is 13.3 Å². The van der Waals surface area contributed by atoms with Crippen molar-refractivity contribution in [3.8, 4) is 5.75 Å². The number of nitrogens with zero attached hydrogens (tertiary/aromatic N) is 1. The minimum absolute atomic E-state index is 0.211. The summed E-state index contributed by atoms with van der Waals surface area (Å²) in [4.78, 5) is 25.7. The lowest BCUT2D eigenvalue weighted by atomic mass is 10.2. The number of benzene rings is 1. The average molecular weight is 303 g/mol. The smallest absolute Gasteiger partial charge is 0.293 e. The first-order chi connectivity index (χ1) is 10.2. The molecule has 0 bridgehead atoms. The van der Waals surface area contributed by atoms with E-state index in [0.29, 0.717) is 23.8 Å². The Morgan fingerprint density at radius 1 is 1.33 bits per heavy atom. The molecule has 1 saturated heterocycles. The van der Waals surface area contributed by atoms with Crippen LogP contribution in [0, 0.1) is 0 Å². The van der Waals surface area contributed by atoms with E-state index in [1.165, 1.54) is 4.90 Å². The minimum atomic E-state index is -0.231. The summed E-state index contributed by atoms with van der Waals surface area (Å²) in [5.41, 5.74) is 0.779. The molecule has 1 aromatic carbocycles. The molecule has 0 aromatic heterocycles. The summed E-state index contributed by atoms with van der Waals surface area (Å²) in [5, 5.41) is -0.211. The first-order valence-electron chi connectivity index (χ1n) is 6.75. The molecule has 110 valence electrons. The Morgan fingerprint density at radius 2 is 2.10 bits per heavy atom. The van der Waals surface area contributed by atoms with E-state index in [0.717, 1.165) is 23.7 Å². The van der Waals surface area contributed by atoms with Gasteiger partial charge in [0, 0.05) is 12.1 Å². The summed E-state index contributed by atoms with van der Waals surface area (Å²) < 4.78 is 5.55. The van der Waals surface area contributed by atoms with Crippen molar-refractivity contribution in [3.05, 3.63) is 47.4 Å². The number of ether oxygens (including phenoxy) is 1. The molecule has 0 saturated carbocycles. The Kier molecular flexibility index (Phi) is 5.22. The highest BCUT2D eigenvalue weighted by molar-refractivity contribution is 8.18. The highest BCUT2D eigenvalue weighted by Gasteiger charge is 2.34. The molecule has 1 aromatic rings. The largest absolute Gasteiger partial charge is 0.489 e. The number of imide groups is 1. The summed E-state index contributed by atoms with van der Waals surface area (Å²) in [6, 6.07) is 7.40. The maximum Gasteiger partial charge on any atom is 0.293 e. The van der Waals surface area contributed by atoms with Crippen LogP contribution in [0.1, 0.15) is 18.9 Å². The van der Waals surface area contributed by atoms with Gasteiger partial charge in [0.1, 0.15) is 12.4 Å². The third-order valence-corrected chi connectivity index (χ3v) is 3.79. The van der Waals surface area contributed by atoms with Crippen LogP contribution in [0.2, 0.25) is 0 Å². The fourth-order valence-electron chi connectivity index (χ4n) is 1.94. The molecule has 0 N–H and O–H groups in total. The monoisotopic (exact) mass is 303 g/mol. The van der Waals surface area contributed by atoms with Gasteiger partial charge in [0.15, 0.2) is 0 Å². The second-order valence-corrected chi connectivity index (χ2v) is 5.46. The van der Waals surface area contributed by atoms with E-state index in [1.54, 1.807) is 12.2 Å². The van der Waals surface area contributed by atoms with Crippen molar-refractivity contribution in [2.24, 2.45) is 0 Å². The fourth-order valence-corrected chi connectivity index (χ4v) is 2.79. The van der Waals surface area contributed by atoms with Gasteiger partial charge in [-0.05, 0) is 30.3 Å². The van der Waals surface area contributed by atoms with Gasteiger partial charge in [-0.2, -0.15) is 0 Å². The SMILES string of the molecule is C=CCOc1ccccc1/C=C1\SC(=O)N(CCC)C1=O. The molecule has 0 aliphatic carbocycles. The molecule has 21 heavy (non-hydrogen) atoms. The van der Waals surface area contributed by atoms with Crippen LogP contribution < -0.4 is 4.74 Å². The molecule has 4 nitrogen and oxygen atoms in total. The van der Waals surface area contributed by atoms with E-state index in [9.17, 15) is 9.59 Å². The van der Waals surface area contributed by atoms with E-state index in [1.807, 2.05) is 31.2 Å². The van der Waals surface area contributed by atoms with Crippen LogP contribution in [0.15, 0.2) is 41.8 Å². The summed E-state index contributed by atoms with van der Waals surface area (Å²) in [5.74, 6) is 0.435. The zero-order valence-electron chi connectivity index (χ0n) is 11.9. The molecule has 1 aliphatic rings. The molecule has 1 heterocycles. The molecule has 5 heteroatoms. The van der Waals surface area contributed by atoms with Crippen LogP contribution in [-0.4, -0.2) is 29.2 Å². The third-order valence-electron chi connectivity index (χ3n) is 2.88. The van der Waals surface area contributed by atoms with Gasteiger partial charge >= 0.3 is 0 Å². The van der Waals surface area contributed by atoms with Crippen molar-refractivity contribution in [1.82, 2.24) is 4.90 Å². The van der Waals surface area contributed by atoms with Gasteiger partial charge in [-0.1, -0.05) is 37.8 Å². The topological polar surface area (TPSA) is 46.6 Å². The van der Waals surface area contributed by atoms with Gasteiger partial charge in [0.05, 0.1) is 4.91 Å². The normalized spacial score (nSPS) is 16.6. The Labute approximate surface area is 128 Å². The maximum atomic E-state index is 12.2. The van der Waals surface area contributed by atoms with Gasteiger partial charge < -0.3 is 4.74 Å². The van der Waals surface area contributed by atoms with E-state index in [4.69, 9.17) is 4.74 Å². The fraction of sp³-hybridized carbons (Fsp3) is 0.250. The number of carbonyl (C=O) groups excluding carboxylic acids is 2. The number of carbonyl (C=O) groups is 2. The molecule has 0 radical (unpaired) electrons. The lowest BCUT2D eigenvalue weighted by Gasteiger charge is -2.10. The Bertz CT molecular complexity index is 595. The van der Waals surface area contributed by atoms with Crippen molar-refractivity contribution in [1.29, 1.82) is 0 Å². The summed E-state index contributed by atoms with van der Waals surface area (Å²) in [6.07, 6.45) is 4.12. The molecular formula is C16H17NO3S. The summed E-state index contributed by atoms with van der Waals surface area (Å²) in [7, 11) is 0. The number of hydrogen-bond acceptors (Lipinski definition) is 4. The number of para-hydroxylation sites is 1. The molecule has 2 amide bonds. The molecule has 0 unspecified atom stereocenters. The van der Waals surface area contributed by atoms with Crippen molar-refractivity contribution in [3.63, 3.8) is 0 Å². The van der Waals surface area contributed by atoms with Crippen molar-refractivity contribution >= 4 is 29.0 Å². The van der Waals surface area contributed by atoms with Crippen molar-refractivity contribution in [2.75, 3.05) is 13.2 Å². The van der Waals surface area contributed by atoms with Crippen molar-refractivity contribution < 1.29 is 14.3 Å². The van der Waals surface area contributed by atoms with Crippen LogP contribution in [0.4, 0.5) is 4.79 Å². The second kappa shape index (κ2) is 7.13. The summed E-state index contributed by atoms with van der Waals surface area (Å²) >= 11 is 0.972. The molecule has 0 spiro atoms. The Morgan fingerprint density at radius 3 is 2.81 bits per heavy atom. The van der Waals surface area contributed by atoms with Crippen LogP contribution >= 0.6 is 11.8 Å². The zero-order valence-corrected chi connectivity index (χ0v) is 12.7. The Hall–Kier alpha value is -2.01. The lowest BCUT2D eigenvalue weighted by Crippen LogP contribution is -2.28. The van der Waals surface area contributed by atoms with E-state index in [-0.39, 0.29) is 11.1 Å². The molecule has 1 fully saturated rings. The number of thioether (sulfide) groups is 1. The highest BCUT2D eigenvalue weighted by atomic mass is 32.2. The van der Waals surface area contributed by atoms with Gasteiger partial charge in [-0.15, -0.1) is 0 Å². The van der Waals surface area contributed by atoms with Gasteiger partial charge in [-0.3, -0.25) is 14.5 Å². The van der Waals surface area contributed by atoms with E-state index < -0.39 is 0 Å².